The summed E-state index contributed by atoms with van der Waals surface area (Å²) in [7, 11) is 0. The Morgan fingerprint density at radius 1 is 0.778 bits per heavy atom. The highest BCUT2D eigenvalue weighted by atomic mass is 16.1. The fourth-order valence-corrected chi connectivity index (χ4v) is 7.22. The van der Waals surface area contributed by atoms with E-state index in [-0.39, 0.29) is 0 Å². The summed E-state index contributed by atoms with van der Waals surface area (Å²) in [5.74, 6) is 6.20. The summed E-state index contributed by atoms with van der Waals surface area (Å²) in [4.78, 5) is 12.3. The molecule has 0 aromatic heterocycles. The van der Waals surface area contributed by atoms with Crippen molar-refractivity contribution in [3.8, 4) is 0 Å². The minimum Gasteiger partial charge on any atom is -0.299 e. The first kappa shape index (κ1) is 9.12. The van der Waals surface area contributed by atoms with Crippen LogP contribution in [0.3, 0.4) is 0 Å². The molecule has 0 radical (unpaired) electrons. The normalized spacial score (nSPS) is 65.6. The summed E-state index contributed by atoms with van der Waals surface area (Å²) in [5.41, 5.74) is 5.00. The van der Waals surface area contributed by atoms with Crippen LogP contribution in [0.5, 0.6) is 0 Å². The van der Waals surface area contributed by atoms with E-state index in [1.165, 1.54) is 25.7 Å². The van der Waals surface area contributed by atoms with E-state index in [2.05, 4.69) is 6.58 Å². The van der Waals surface area contributed by atoms with Gasteiger partial charge in [-0.2, -0.15) is 0 Å². The predicted molar refractivity (Wildman–Crippen MR) is 67.6 cm³/mol. The van der Waals surface area contributed by atoms with Gasteiger partial charge in [-0.25, -0.2) is 0 Å². The van der Waals surface area contributed by atoms with Crippen molar-refractivity contribution in [3.63, 3.8) is 0 Å². The molecule has 0 N–H and O–H groups in total. The van der Waals surface area contributed by atoms with Crippen molar-refractivity contribution in [2.45, 2.75) is 25.7 Å². The van der Waals surface area contributed by atoms with Crippen molar-refractivity contribution in [2.24, 2.45) is 47.3 Å². The number of rotatable bonds is 0. The number of Topliss-reactive ketones (excluding diaryl/α,β-unsaturated/α-hetero) is 1. The summed E-state index contributed by atoms with van der Waals surface area (Å²) in [6.07, 6.45) is 5.42. The summed E-state index contributed by atoms with van der Waals surface area (Å²) in [5, 5.41) is 0. The monoisotopic (exact) mass is 238 g/mol. The molecule has 0 spiro atoms. The SMILES string of the molecule is C=C1[C@H]2C[C@@H]3C[C@H]2/C(=C2/[C@H]4C[C@@H]5C[C@H]4C(=O)[C@H]25)[C@H]13. The van der Waals surface area contributed by atoms with Crippen molar-refractivity contribution in [1.82, 2.24) is 0 Å². The van der Waals surface area contributed by atoms with E-state index < -0.39 is 0 Å². The minimum atomic E-state index is 0.392. The van der Waals surface area contributed by atoms with Gasteiger partial charge < -0.3 is 0 Å². The van der Waals surface area contributed by atoms with Crippen LogP contribution in [0, 0.1) is 47.3 Å². The van der Waals surface area contributed by atoms with E-state index in [9.17, 15) is 4.79 Å². The van der Waals surface area contributed by atoms with E-state index in [1.807, 2.05) is 0 Å². The molecule has 0 saturated heterocycles. The fourth-order valence-electron chi connectivity index (χ4n) is 7.22. The second-order valence-corrected chi connectivity index (χ2v) is 7.73. The standard InChI is InChI=1S/C17H18O/c1-6-9-2-7-3-10(9)15(13(6)7)16-11-4-8-5-12(11)17(18)14(8)16/h7-14H,1-5H2/b16-15+/t7-,8-,9-,10-,11+,12-,13-,14+/m1/s1. The van der Waals surface area contributed by atoms with Gasteiger partial charge in [0.05, 0.1) is 0 Å². The van der Waals surface area contributed by atoms with E-state index in [0.717, 1.165) is 29.6 Å². The van der Waals surface area contributed by atoms with Crippen molar-refractivity contribution in [2.75, 3.05) is 0 Å². The molecule has 8 rings (SSSR count). The molecule has 8 atom stereocenters. The van der Waals surface area contributed by atoms with Crippen LogP contribution in [-0.4, -0.2) is 5.78 Å². The van der Waals surface area contributed by atoms with E-state index in [0.29, 0.717) is 23.5 Å². The zero-order chi connectivity index (χ0) is 11.8. The third-order valence-electron chi connectivity index (χ3n) is 7.49. The molecule has 8 saturated carbocycles. The summed E-state index contributed by atoms with van der Waals surface area (Å²) >= 11 is 0. The van der Waals surface area contributed by atoms with Gasteiger partial charge in [-0.05, 0) is 55.3 Å². The Hall–Kier alpha value is -0.850. The molecule has 0 amide bonds. The van der Waals surface area contributed by atoms with Crippen molar-refractivity contribution in [3.05, 3.63) is 23.3 Å². The second kappa shape index (κ2) is 2.42. The first-order valence-corrected chi connectivity index (χ1v) is 7.72. The Kier molecular flexibility index (Phi) is 1.22. The zero-order valence-corrected chi connectivity index (χ0v) is 10.6. The first-order chi connectivity index (χ1) is 8.75. The Morgan fingerprint density at radius 2 is 1.33 bits per heavy atom. The molecule has 8 aliphatic rings. The second-order valence-electron chi connectivity index (χ2n) is 7.73. The Bertz CT molecular complexity index is 518. The van der Waals surface area contributed by atoms with Crippen molar-refractivity contribution in [1.29, 1.82) is 0 Å². The molecule has 1 nitrogen and oxygen atoms in total. The highest BCUT2D eigenvalue weighted by Crippen LogP contribution is 2.73. The summed E-state index contributed by atoms with van der Waals surface area (Å²) < 4.78 is 0. The average Bonchev–Trinajstić information content (AvgIpc) is 3.13. The lowest BCUT2D eigenvalue weighted by Crippen LogP contribution is -2.13. The van der Waals surface area contributed by atoms with Gasteiger partial charge in [-0.15, -0.1) is 0 Å². The molecular formula is C17H18O. The molecule has 0 unspecified atom stereocenters. The quantitative estimate of drug-likeness (QED) is 0.593. The lowest BCUT2D eigenvalue weighted by molar-refractivity contribution is -0.122. The number of ketones is 1. The molecule has 8 bridgehead atoms. The molecule has 92 valence electrons. The lowest BCUT2D eigenvalue weighted by atomic mass is 9.83. The molecule has 0 aromatic rings. The van der Waals surface area contributed by atoms with Gasteiger partial charge in [0, 0.05) is 17.8 Å². The molecule has 0 heterocycles. The van der Waals surface area contributed by atoms with Crippen LogP contribution in [0.1, 0.15) is 25.7 Å². The maximum atomic E-state index is 12.3. The van der Waals surface area contributed by atoms with Crippen LogP contribution >= 0.6 is 0 Å². The highest BCUT2D eigenvalue weighted by Gasteiger charge is 2.67. The largest absolute Gasteiger partial charge is 0.299 e. The van der Waals surface area contributed by atoms with Crippen LogP contribution < -0.4 is 0 Å². The third kappa shape index (κ3) is 0.673. The van der Waals surface area contributed by atoms with E-state index >= 15 is 0 Å². The van der Waals surface area contributed by atoms with E-state index in [4.69, 9.17) is 0 Å². The number of carbonyl (C=O) groups excluding carboxylic acids is 1. The number of hydrogen-bond donors (Lipinski definition) is 0. The van der Waals surface area contributed by atoms with E-state index in [1.54, 1.807) is 16.7 Å². The number of allylic oxidation sites excluding steroid dienone is 3. The van der Waals surface area contributed by atoms with Gasteiger partial charge >= 0.3 is 0 Å². The van der Waals surface area contributed by atoms with Crippen LogP contribution in [-0.2, 0) is 4.79 Å². The molecule has 8 aliphatic carbocycles. The van der Waals surface area contributed by atoms with Gasteiger partial charge in [0.15, 0.2) is 0 Å². The smallest absolute Gasteiger partial charge is 0.143 e. The Balaban J connectivity index is 1.60. The van der Waals surface area contributed by atoms with Crippen LogP contribution in [0.25, 0.3) is 0 Å². The fraction of sp³-hybridized carbons (Fsp3) is 0.706. The summed E-state index contributed by atoms with van der Waals surface area (Å²) in [6, 6.07) is 0. The van der Waals surface area contributed by atoms with Crippen LogP contribution in [0.4, 0.5) is 0 Å². The average molecular weight is 238 g/mol. The topological polar surface area (TPSA) is 17.1 Å². The highest BCUT2D eigenvalue weighted by molar-refractivity contribution is 5.94. The van der Waals surface area contributed by atoms with Gasteiger partial charge in [0.25, 0.3) is 0 Å². The van der Waals surface area contributed by atoms with Gasteiger partial charge in [0.1, 0.15) is 5.78 Å². The summed E-state index contributed by atoms with van der Waals surface area (Å²) in [6.45, 7) is 4.38. The number of hydrogen-bond acceptors (Lipinski definition) is 1. The molecule has 0 aliphatic heterocycles. The Labute approximate surface area is 107 Å². The van der Waals surface area contributed by atoms with Gasteiger partial charge in [0.2, 0.25) is 0 Å². The maximum Gasteiger partial charge on any atom is 0.143 e. The Morgan fingerprint density at radius 3 is 1.83 bits per heavy atom. The minimum absolute atomic E-state index is 0.392. The van der Waals surface area contributed by atoms with Crippen molar-refractivity contribution >= 4 is 5.78 Å². The van der Waals surface area contributed by atoms with Crippen LogP contribution in [0.15, 0.2) is 23.3 Å². The molecule has 18 heavy (non-hydrogen) atoms. The molecule has 8 fully saturated rings. The lowest BCUT2D eigenvalue weighted by Gasteiger charge is -2.20. The third-order valence-corrected chi connectivity index (χ3v) is 7.49. The first-order valence-electron chi connectivity index (χ1n) is 7.72. The predicted octanol–water partition coefficient (Wildman–Crippen LogP) is 2.98. The number of carbonyl (C=O) groups is 1. The molecular weight excluding hydrogens is 220 g/mol. The van der Waals surface area contributed by atoms with Gasteiger partial charge in [-0.3, -0.25) is 4.79 Å². The van der Waals surface area contributed by atoms with Crippen molar-refractivity contribution < 1.29 is 4.79 Å². The maximum absolute atomic E-state index is 12.3. The molecule has 0 aromatic carbocycles. The van der Waals surface area contributed by atoms with Crippen LogP contribution in [0.2, 0.25) is 0 Å². The molecule has 1 heteroatoms. The van der Waals surface area contributed by atoms with Gasteiger partial charge in [-0.1, -0.05) is 23.3 Å². The zero-order valence-electron chi connectivity index (χ0n) is 10.6.